The fraction of sp³-hybridized carbons (Fsp3) is 0.286. The smallest absolute Gasteiger partial charge is 0.396 e. The molecule has 0 unspecified atom stereocenters. The third kappa shape index (κ3) is 3.38. The normalized spacial score (nSPS) is 11.4. The first-order chi connectivity index (χ1) is 7.76. The molecular formula is C7H3F4IN2O3. The van der Waals surface area contributed by atoms with E-state index in [2.05, 4.69) is 9.72 Å². The molecule has 0 radical (unpaired) electrons. The fourth-order valence-electron chi connectivity index (χ4n) is 0.988. The molecule has 0 aliphatic rings. The van der Waals surface area contributed by atoms with Crippen LogP contribution in [-0.2, 0) is 6.67 Å². The highest BCUT2D eigenvalue weighted by molar-refractivity contribution is 14.1. The Hall–Kier alpha value is -1.20. The second-order valence-electron chi connectivity index (χ2n) is 2.67. The molecule has 94 valence electrons. The molecule has 10 heteroatoms. The summed E-state index contributed by atoms with van der Waals surface area (Å²) in [7, 11) is 0. The predicted molar refractivity (Wildman–Crippen MR) is 55.1 cm³/mol. The molecule has 0 fully saturated rings. The lowest BCUT2D eigenvalue weighted by molar-refractivity contribution is -0.389. The lowest BCUT2D eigenvalue weighted by Crippen LogP contribution is -2.19. The van der Waals surface area contributed by atoms with Gasteiger partial charge in [0.25, 0.3) is 0 Å². The predicted octanol–water partition coefficient (Wildman–Crippen LogP) is 2.96. The molecule has 0 saturated heterocycles. The summed E-state index contributed by atoms with van der Waals surface area (Å²) < 4.78 is 51.8. The Morgan fingerprint density at radius 3 is 2.53 bits per heavy atom. The van der Waals surface area contributed by atoms with Crippen LogP contribution in [-0.4, -0.2) is 16.3 Å². The molecule has 0 aliphatic heterocycles. The van der Waals surface area contributed by atoms with E-state index < -0.39 is 35.1 Å². The monoisotopic (exact) mass is 366 g/mol. The Balaban J connectivity index is 3.40. The number of halogens is 5. The maximum atomic E-state index is 12.4. The Morgan fingerprint density at radius 1 is 1.53 bits per heavy atom. The van der Waals surface area contributed by atoms with Crippen LogP contribution in [0.4, 0.5) is 23.2 Å². The number of hydrogen-bond acceptors (Lipinski definition) is 4. The Labute approximate surface area is 105 Å². The summed E-state index contributed by atoms with van der Waals surface area (Å²) in [6.07, 6.45) is -4.25. The highest BCUT2D eigenvalue weighted by Crippen LogP contribution is 2.37. The quantitative estimate of drug-likeness (QED) is 0.357. The van der Waals surface area contributed by atoms with Crippen molar-refractivity contribution in [1.82, 2.24) is 4.98 Å². The first-order valence-corrected chi connectivity index (χ1v) is 4.97. The van der Waals surface area contributed by atoms with E-state index >= 15 is 0 Å². The minimum absolute atomic E-state index is 0.177. The van der Waals surface area contributed by atoms with Gasteiger partial charge in [-0.2, -0.15) is 0 Å². The summed E-state index contributed by atoms with van der Waals surface area (Å²) in [5, 5.41) is 10.6. The van der Waals surface area contributed by atoms with Crippen LogP contribution in [0.15, 0.2) is 6.20 Å². The number of alkyl halides is 4. The van der Waals surface area contributed by atoms with Gasteiger partial charge >= 0.3 is 12.0 Å². The Bertz CT molecular complexity index is 451. The van der Waals surface area contributed by atoms with Crippen molar-refractivity contribution in [2.75, 3.05) is 0 Å². The van der Waals surface area contributed by atoms with Crippen LogP contribution in [0.1, 0.15) is 5.69 Å². The second-order valence-corrected chi connectivity index (χ2v) is 3.83. The van der Waals surface area contributed by atoms with Gasteiger partial charge in [0.2, 0.25) is 5.75 Å². The summed E-state index contributed by atoms with van der Waals surface area (Å²) in [5.41, 5.74) is -1.72. The van der Waals surface area contributed by atoms with Crippen molar-refractivity contribution in [1.29, 1.82) is 0 Å². The SMILES string of the molecule is O=[N+]([O-])c1c(I)cnc(CF)c1OC(F)(F)F. The number of nitro groups is 1. The summed E-state index contributed by atoms with van der Waals surface area (Å²) in [6, 6.07) is 0. The Kier molecular flexibility index (Phi) is 4.06. The molecule has 0 amide bonds. The third-order valence-electron chi connectivity index (χ3n) is 1.56. The van der Waals surface area contributed by atoms with Gasteiger partial charge < -0.3 is 4.74 Å². The van der Waals surface area contributed by atoms with Crippen molar-refractivity contribution >= 4 is 28.3 Å². The molecule has 1 aromatic rings. The van der Waals surface area contributed by atoms with E-state index in [1.54, 1.807) is 0 Å². The number of ether oxygens (including phenoxy) is 1. The summed E-state index contributed by atoms with van der Waals surface area (Å²) in [4.78, 5) is 12.8. The number of nitrogens with zero attached hydrogens (tertiary/aromatic N) is 2. The standard InChI is InChI=1S/C7H3F4IN2O3/c8-1-4-6(17-7(9,10)11)5(14(15)16)3(12)2-13-4/h2H,1H2. The zero-order valence-corrected chi connectivity index (χ0v) is 9.95. The second kappa shape index (κ2) is 4.98. The van der Waals surface area contributed by atoms with Crippen LogP contribution in [0, 0.1) is 13.7 Å². The molecule has 0 aliphatic carbocycles. The first-order valence-electron chi connectivity index (χ1n) is 3.89. The molecule has 1 rings (SSSR count). The van der Waals surface area contributed by atoms with Gasteiger partial charge in [0, 0.05) is 6.20 Å². The van der Waals surface area contributed by atoms with Crippen molar-refractivity contribution in [3.63, 3.8) is 0 Å². The molecular weight excluding hydrogens is 363 g/mol. The van der Waals surface area contributed by atoms with Crippen molar-refractivity contribution in [3.8, 4) is 5.75 Å². The van der Waals surface area contributed by atoms with E-state index in [1.165, 1.54) is 22.6 Å². The van der Waals surface area contributed by atoms with Gasteiger partial charge in [0.15, 0.2) is 0 Å². The van der Waals surface area contributed by atoms with Crippen LogP contribution in [0.25, 0.3) is 0 Å². The molecule has 0 spiro atoms. The van der Waals surface area contributed by atoms with E-state index in [-0.39, 0.29) is 3.57 Å². The first kappa shape index (κ1) is 13.9. The summed E-state index contributed by atoms with van der Waals surface area (Å²) in [5.74, 6) is -1.21. The number of aromatic nitrogens is 1. The van der Waals surface area contributed by atoms with E-state index in [0.717, 1.165) is 6.20 Å². The molecule has 0 aromatic carbocycles. The highest BCUT2D eigenvalue weighted by Gasteiger charge is 2.37. The van der Waals surface area contributed by atoms with Gasteiger partial charge in [-0.15, -0.1) is 13.2 Å². The van der Waals surface area contributed by atoms with Gasteiger partial charge in [-0.05, 0) is 22.6 Å². The molecule has 17 heavy (non-hydrogen) atoms. The van der Waals surface area contributed by atoms with Gasteiger partial charge in [-0.3, -0.25) is 15.1 Å². The van der Waals surface area contributed by atoms with E-state index in [0.29, 0.717) is 0 Å². The van der Waals surface area contributed by atoms with Crippen molar-refractivity contribution in [2.45, 2.75) is 13.0 Å². The number of pyridine rings is 1. The molecule has 0 N–H and O–H groups in total. The zero-order chi connectivity index (χ0) is 13.2. The molecule has 5 nitrogen and oxygen atoms in total. The van der Waals surface area contributed by atoms with Crippen molar-refractivity contribution in [3.05, 3.63) is 25.6 Å². The van der Waals surface area contributed by atoms with E-state index in [1.807, 2.05) is 0 Å². The van der Waals surface area contributed by atoms with Crippen LogP contribution < -0.4 is 4.74 Å². The molecule has 0 atom stereocenters. The van der Waals surface area contributed by atoms with Crippen LogP contribution in [0.3, 0.4) is 0 Å². The fourth-order valence-corrected chi connectivity index (χ4v) is 1.57. The van der Waals surface area contributed by atoms with Gasteiger partial charge in [-0.25, -0.2) is 4.39 Å². The summed E-state index contributed by atoms with van der Waals surface area (Å²) in [6.45, 7) is -1.40. The van der Waals surface area contributed by atoms with E-state index in [9.17, 15) is 27.7 Å². The highest BCUT2D eigenvalue weighted by atomic mass is 127. The van der Waals surface area contributed by atoms with Crippen LogP contribution in [0.5, 0.6) is 5.75 Å². The van der Waals surface area contributed by atoms with E-state index in [4.69, 9.17) is 0 Å². The third-order valence-corrected chi connectivity index (χ3v) is 2.35. The number of rotatable bonds is 3. The largest absolute Gasteiger partial charge is 0.573 e. The maximum absolute atomic E-state index is 12.4. The molecule has 1 heterocycles. The lowest BCUT2D eigenvalue weighted by Gasteiger charge is -2.11. The molecule has 1 aromatic heterocycles. The maximum Gasteiger partial charge on any atom is 0.573 e. The minimum atomic E-state index is -5.15. The zero-order valence-electron chi connectivity index (χ0n) is 7.79. The minimum Gasteiger partial charge on any atom is -0.396 e. The lowest BCUT2D eigenvalue weighted by atomic mass is 10.3. The van der Waals surface area contributed by atoms with Gasteiger partial charge in [0.05, 0.1) is 4.92 Å². The van der Waals surface area contributed by atoms with Gasteiger partial charge in [-0.1, -0.05) is 0 Å². The number of hydrogen-bond donors (Lipinski definition) is 0. The molecule has 0 saturated carbocycles. The van der Waals surface area contributed by atoms with Crippen LogP contribution in [0.2, 0.25) is 0 Å². The summed E-state index contributed by atoms with van der Waals surface area (Å²) >= 11 is 1.41. The Morgan fingerprint density at radius 2 is 2.12 bits per heavy atom. The van der Waals surface area contributed by atoms with Crippen LogP contribution >= 0.6 is 22.6 Å². The van der Waals surface area contributed by atoms with Gasteiger partial charge in [0.1, 0.15) is 15.9 Å². The van der Waals surface area contributed by atoms with Crippen molar-refractivity contribution in [2.24, 2.45) is 0 Å². The average Bonchev–Trinajstić information content (AvgIpc) is 2.15. The average molecular weight is 366 g/mol. The van der Waals surface area contributed by atoms with Crippen molar-refractivity contribution < 1.29 is 27.2 Å². The molecule has 0 bridgehead atoms. The topological polar surface area (TPSA) is 65.3 Å².